The molecule has 0 radical (unpaired) electrons. The maximum Gasteiger partial charge on any atom is 0.254 e. The minimum Gasteiger partial charge on any atom is -0.384 e. The zero-order valence-corrected chi connectivity index (χ0v) is 13.8. The summed E-state index contributed by atoms with van der Waals surface area (Å²) in [5.74, 6) is -0.853. The summed E-state index contributed by atoms with van der Waals surface area (Å²) in [6.07, 6.45) is 2.37. The lowest BCUT2D eigenvalue weighted by Crippen LogP contribution is -2.36. The van der Waals surface area contributed by atoms with Crippen molar-refractivity contribution in [1.29, 1.82) is 0 Å². The van der Waals surface area contributed by atoms with Gasteiger partial charge in [0.15, 0.2) is 0 Å². The molecule has 25 heavy (non-hydrogen) atoms. The van der Waals surface area contributed by atoms with Crippen molar-refractivity contribution in [3.8, 4) is 0 Å². The quantitative estimate of drug-likeness (QED) is 0.911. The van der Waals surface area contributed by atoms with Crippen LogP contribution in [0.25, 0.3) is 0 Å². The number of nitrogens with zero attached hydrogens (tertiary/aromatic N) is 4. The van der Waals surface area contributed by atoms with Gasteiger partial charge >= 0.3 is 0 Å². The van der Waals surface area contributed by atoms with Gasteiger partial charge in [0.2, 0.25) is 0 Å². The molecule has 6 nitrogen and oxygen atoms in total. The molecule has 0 saturated carbocycles. The Hall–Kier alpha value is -2.61. The summed E-state index contributed by atoms with van der Waals surface area (Å²) in [5.41, 5.74) is 5.68. The van der Waals surface area contributed by atoms with E-state index in [-0.39, 0.29) is 17.5 Å². The van der Waals surface area contributed by atoms with Crippen LogP contribution in [0.4, 0.5) is 14.6 Å². The van der Waals surface area contributed by atoms with E-state index in [4.69, 9.17) is 5.73 Å². The van der Waals surface area contributed by atoms with Crippen LogP contribution in [0.5, 0.6) is 0 Å². The number of anilines is 1. The minimum absolute atomic E-state index is 0.0277. The van der Waals surface area contributed by atoms with Gasteiger partial charge in [0.1, 0.15) is 23.3 Å². The number of likely N-dealkylation sites (N-methyl/N-ethyl adjacent to an activating group) is 1. The second-order valence-electron chi connectivity index (χ2n) is 6.16. The summed E-state index contributed by atoms with van der Waals surface area (Å²) in [7, 11) is 1.92. The molecule has 1 aromatic heterocycles. The Labute approximate surface area is 144 Å². The van der Waals surface area contributed by atoms with Crippen LogP contribution in [0, 0.1) is 11.6 Å². The second kappa shape index (κ2) is 7.10. The van der Waals surface area contributed by atoms with E-state index in [0.717, 1.165) is 24.6 Å². The van der Waals surface area contributed by atoms with E-state index in [1.165, 1.54) is 0 Å². The molecule has 1 fully saturated rings. The maximum absolute atomic E-state index is 13.3. The van der Waals surface area contributed by atoms with Gasteiger partial charge < -0.3 is 10.6 Å². The van der Waals surface area contributed by atoms with E-state index >= 15 is 0 Å². The molecule has 0 bridgehead atoms. The molecule has 1 amide bonds. The first-order valence-electron chi connectivity index (χ1n) is 7.95. The zero-order valence-electron chi connectivity index (χ0n) is 13.8. The smallest absolute Gasteiger partial charge is 0.254 e. The number of nitrogens with two attached hydrogens (primary N) is 1. The Morgan fingerprint density at radius 3 is 2.76 bits per heavy atom. The average molecular weight is 347 g/mol. The van der Waals surface area contributed by atoms with Gasteiger partial charge in [0.05, 0.1) is 6.54 Å². The third kappa shape index (κ3) is 4.08. The Balaban J connectivity index is 1.63. The first-order chi connectivity index (χ1) is 11.9. The highest BCUT2D eigenvalue weighted by Gasteiger charge is 2.30. The standard InChI is InChI=1S/C17H19F2N5O/c1-23(10-16-21-4-2-15(20)22-16)14-3-5-24(9-14)17(25)11-6-12(18)8-13(19)7-11/h2,4,6-8,14H,3,5,9-10H2,1H3,(H2,20,21,22)/t14-/m0/s1. The van der Waals surface area contributed by atoms with Crippen molar-refractivity contribution < 1.29 is 13.6 Å². The third-order valence-electron chi connectivity index (χ3n) is 4.30. The Morgan fingerprint density at radius 1 is 1.36 bits per heavy atom. The van der Waals surface area contributed by atoms with Gasteiger partial charge in [-0.2, -0.15) is 0 Å². The van der Waals surface area contributed by atoms with Crippen molar-refractivity contribution in [2.75, 3.05) is 25.9 Å². The number of nitrogen functional groups attached to an aromatic ring is 1. The van der Waals surface area contributed by atoms with E-state index in [1.807, 2.05) is 11.9 Å². The lowest BCUT2D eigenvalue weighted by molar-refractivity contribution is 0.0778. The highest BCUT2D eigenvalue weighted by molar-refractivity contribution is 5.94. The van der Waals surface area contributed by atoms with Crippen molar-refractivity contribution in [2.24, 2.45) is 0 Å². The van der Waals surface area contributed by atoms with Crippen LogP contribution in [0.3, 0.4) is 0 Å². The summed E-state index contributed by atoms with van der Waals surface area (Å²) < 4.78 is 26.6. The molecule has 3 rings (SSSR count). The zero-order chi connectivity index (χ0) is 18.0. The van der Waals surface area contributed by atoms with Crippen LogP contribution < -0.4 is 5.73 Å². The van der Waals surface area contributed by atoms with Crippen molar-refractivity contribution in [2.45, 2.75) is 19.0 Å². The molecule has 1 saturated heterocycles. The summed E-state index contributed by atoms with van der Waals surface area (Å²) in [4.78, 5) is 24.5. The van der Waals surface area contributed by atoms with Crippen LogP contribution in [0.1, 0.15) is 22.6 Å². The number of halogens is 2. The Morgan fingerprint density at radius 2 is 2.08 bits per heavy atom. The van der Waals surface area contributed by atoms with Crippen molar-refractivity contribution in [3.63, 3.8) is 0 Å². The van der Waals surface area contributed by atoms with E-state index in [1.54, 1.807) is 17.2 Å². The van der Waals surface area contributed by atoms with Crippen LogP contribution in [0.2, 0.25) is 0 Å². The van der Waals surface area contributed by atoms with Gasteiger partial charge in [0, 0.05) is 37.0 Å². The van der Waals surface area contributed by atoms with Crippen molar-refractivity contribution >= 4 is 11.7 Å². The molecule has 1 aliphatic rings. The van der Waals surface area contributed by atoms with E-state index in [9.17, 15) is 13.6 Å². The second-order valence-corrected chi connectivity index (χ2v) is 6.16. The number of likely N-dealkylation sites (tertiary alicyclic amines) is 1. The fourth-order valence-electron chi connectivity index (χ4n) is 2.99. The normalized spacial score (nSPS) is 17.3. The van der Waals surface area contributed by atoms with Gasteiger partial charge in [-0.15, -0.1) is 0 Å². The third-order valence-corrected chi connectivity index (χ3v) is 4.30. The molecule has 2 aromatic rings. The molecule has 2 heterocycles. The molecule has 0 aliphatic carbocycles. The first kappa shape index (κ1) is 17.2. The SMILES string of the molecule is CN(Cc1nccc(N)n1)[C@H]1CCN(C(=O)c2cc(F)cc(F)c2)C1. The molecule has 1 aromatic carbocycles. The number of rotatable bonds is 4. The molecule has 8 heteroatoms. The molecule has 1 atom stereocenters. The number of aromatic nitrogens is 2. The average Bonchev–Trinajstić information content (AvgIpc) is 3.03. The maximum atomic E-state index is 13.3. The van der Waals surface area contributed by atoms with Gasteiger partial charge in [-0.1, -0.05) is 0 Å². The number of carbonyl (C=O) groups is 1. The minimum atomic E-state index is -0.755. The highest BCUT2D eigenvalue weighted by Crippen LogP contribution is 2.19. The number of benzene rings is 1. The number of hydrogen-bond donors (Lipinski definition) is 1. The van der Waals surface area contributed by atoms with E-state index in [0.29, 0.717) is 31.3 Å². The monoisotopic (exact) mass is 347 g/mol. The summed E-state index contributed by atoms with van der Waals surface area (Å²) in [5, 5.41) is 0. The predicted octanol–water partition coefficient (Wildman–Crippen LogP) is 1.68. The van der Waals surface area contributed by atoms with Crippen LogP contribution in [-0.4, -0.2) is 51.9 Å². The van der Waals surface area contributed by atoms with Gasteiger partial charge in [-0.25, -0.2) is 18.7 Å². The Bertz CT molecular complexity index is 765. The van der Waals surface area contributed by atoms with E-state index < -0.39 is 11.6 Å². The molecule has 0 unspecified atom stereocenters. The van der Waals surface area contributed by atoms with E-state index in [2.05, 4.69) is 9.97 Å². The van der Waals surface area contributed by atoms with Crippen molar-refractivity contribution in [3.05, 3.63) is 53.5 Å². The van der Waals surface area contributed by atoms with Crippen molar-refractivity contribution in [1.82, 2.24) is 19.8 Å². The van der Waals surface area contributed by atoms with Gasteiger partial charge in [-0.3, -0.25) is 9.69 Å². The largest absolute Gasteiger partial charge is 0.384 e. The van der Waals surface area contributed by atoms with Crippen LogP contribution >= 0.6 is 0 Å². The lowest BCUT2D eigenvalue weighted by atomic mass is 10.2. The Kier molecular flexibility index (Phi) is 4.89. The topological polar surface area (TPSA) is 75.4 Å². The number of hydrogen-bond acceptors (Lipinski definition) is 5. The fourth-order valence-corrected chi connectivity index (χ4v) is 2.99. The molecule has 2 N–H and O–H groups in total. The molecular weight excluding hydrogens is 328 g/mol. The molecule has 1 aliphatic heterocycles. The number of amides is 1. The molecular formula is C17H19F2N5O. The summed E-state index contributed by atoms with van der Waals surface area (Å²) in [6, 6.07) is 4.61. The first-order valence-corrected chi connectivity index (χ1v) is 7.95. The van der Waals surface area contributed by atoms with Crippen LogP contribution in [0.15, 0.2) is 30.5 Å². The predicted molar refractivity (Wildman–Crippen MR) is 88.6 cm³/mol. The number of carbonyl (C=O) groups excluding carboxylic acids is 1. The lowest BCUT2D eigenvalue weighted by Gasteiger charge is -2.24. The molecule has 0 spiro atoms. The van der Waals surface area contributed by atoms with Gasteiger partial charge in [-0.05, 0) is 31.7 Å². The summed E-state index contributed by atoms with van der Waals surface area (Å²) in [6.45, 7) is 1.52. The highest BCUT2D eigenvalue weighted by atomic mass is 19.1. The summed E-state index contributed by atoms with van der Waals surface area (Å²) >= 11 is 0. The van der Waals surface area contributed by atoms with Crippen LogP contribution in [-0.2, 0) is 6.54 Å². The fraction of sp³-hybridized carbons (Fsp3) is 0.353. The molecule has 132 valence electrons. The van der Waals surface area contributed by atoms with Gasteiger partial charge in [0.25, 0.3) is 5.91 Å².